The maximum absolute atomic E-state index is 12.4. The second-order valence-electron chi connectivity index (χ2n) is 13.2. The van der Waals surface area contributed by atoms with E-state index in [1.807, 2.05) is 126 Å². The predicted molar refractivity (Wildman–Crippen MR) is 203 cm³/mol. The molecule has 6 nitrogen and oxygen atoms in total. The second-order valence-corrected chi connectivity index (χ2v) is 13.2. The third-order valence-corrected chi connectivity index (χ3v) is 9.50. The molecule has 0 aliphatic rings. The van der Waals surface area contributed by atoms with Gasteiger partial charge < -0.3 is 19.0 Å². The summed E-state index contributed by atoms with van der Waals surface area (Å²) in [4.78, 5) is 24.8. The van der Waals surface area contributed by atoms with Crippen LogP contribution in [0.25, 0.3) is 65.7 Å². The van der Waals surface area contributed by atoms with E-state index >= 15 is 0 Å². The summed E-state index contributed by atoms with van der Waals surface area (Å²) in [7, 11) is 0. The minimum atomic E-state index is -0.512. The molecule has 8 aromatic rings. The lowest BCUT2D eigenvalue weighted by atomic mass is 9.94. The average molecular weight is 661 g/mol. The van der Waals surface area contributed by atoms with Gasteiger partial charge in [-0.15, -0.1) is 0 Å². The van der Waals surface area contributed by atoms with Gasteiger partial charge in [0, 0.05) is 21.5 Å². The summed E-state index contributed by atoms with van der Waals surface area (Å²) >= 11 is 0. The van der Waals surface area contributed by atoms with Crippen molar-refractivity contribution in [3.8, 4) is 33.8 Å². The van der Waals surface area contributed by atoms with Gasteiger partial charge in [-0.3, -0.25) is 0 Å². The third kappa shape index (κ3) is 5.59. The fourth-order valence-corrected chi connectivity index (χ4v) is 6.63. The van der Waals surface area contributed by atoms with Gasteiger partial charge in [-0.1, -0.05) is 82.9 Å². The van der Waals surface area contributed by atoms with Crippen molar-refractivity contribution >= 4 is 43.5 Å². The number of aryl methyl sites for hydroxylation is 4. The Hall–Kier alpha value is -6.14. The first-order chi connectivity index (χ1) is 23.9. The highest BCUT2D eigenvalue weighted by Gasteiger charge is 2.19. The number of hydrogen-bond donors (Lipinski definition) is 2. The molecule has 6 heteroatoms. The highest BCUT2D eigenvalue weighted by atomic mass is 16.4. The smallest absolute Gasteiger partial charge is 0.347 e. The van der Waals surface area contributed by atoms with E-state index in [4.69, 9.17) is 8.83 Å². The zero-order valence-corrected chi connectivity index (χ0v) is 28.8. The summed E-state index contributed by atoms with van der Waals surface area (Å²) in [6.45, 7) is 11.7. The maximum atomic E-state index is 12.4. The predicted octanol–water partition coefficient (Wildman–Crippen LogP) is 10.5. The molecule has 0 saturated carbocycles. The number of benzene rings is 6. The maximum Gasteiger partial charge on any atom is 0.347 e. The topological polar surface area (TPSA) is 101 Å². The molecule has 2 N–H and O–H groups in total. The van der Waals surface area contributed by atoms with Gasteiger partial charge >= 0.3 is 11.3 Å². The largest absolute Gasteiger partial charge is 0.507 e. The van der Waals surface area contributed by atoms with Crippen LogP contribution in [0.1, 0.15) is 33.4 Å². The molecule has 0 amide bonds. The number of hydrogen-bond acceptors (Lipinski definition) is 6. The second kappa shape index (κ2) is 12.4. The lowest BCUT2D eigenvalue weighted by Gasteiger charge is -2.13. The molecular formula is C44H36O6. The summed E-state index contributed by atoms with van der Waals surface area (Å²) in [5.41, 5.74) is 9.72. The van der Waals surface area contributed by atoms with Crippen LogP contribution in [0.4, 0.5) is 0 Å². The molecule has 0 aliphatic carbocycles. The molecule has 2 heterocycles. The molecule has 0 aliphatic heterocycles. The van der Waals surface area contributed by atoms with Gasteiger partial charge in [0.25, 0.3) is 0 Å². The van der Waals surface area contributed by atoms with E-state index in [9.17, 15) is 19.8 Å². The van der Waals surface area contributed by atoms with E-state index in [2.05, 4.69) is 0 Å². The lowest BCUT2D eigenvalue weighted by molar-refractivity contribution is 0.473. The lowest BCUT2D eigenvalue weighted by Crippen LogP contribution is -2.02. The van der Waals surface area contributed by atoms with Crippen molar-refractivity contribution in [2.24, 2.45) is 0 Å². The van der Waals surface area contributed by atoms with Gasteiger partial charge in [-0.25, -0.2) is 9.59 Å². The Morgan fingerprint density at radius 2 is 0.760 bits per heavy atom. The molecule has 0 fully saturated rings. The summed E-state index contributed by atoms with van der Waals surface area (Å²) < 4.78 is 10.8. The van der Waals surface area contributed by atoms with Crippen LogP contribution in [-0.2, 0) is 0 Å². The number of aromatic hydroxyl groups is 2. The molecule has 0 unspecified atom stereocenters. The van der Waals surface area contributed by atoms with Crippen molar-refractivity contribution in [1.29, 1.82) is 0 Å². The summed E-state index contributed by atoms with van der Waals surface area (Å²) in [6, 6.07) is 31.6. The molecule has 0 saturated heterocycles. The van der Waals surface area contributed by atoms with E-state index in [0.29, 0.717) is 33.1 Å². The van der Waals surface area contributed by atoms with Crippen LogP contribution < -0.4 is 11.3 Å². The molecule has 0 radical (unpaired) electrons. The van der Waals surface area contributed by atoms with Crippen LogP contribution in [0.2, 0.25) is 0 Å². The summed E-state index contributed by atoms with van der Waals surface area (Å²) in [6.07, 6.45) is 0. The number of fused-ring (bicyclic) bond motifs is 6. The Balaban J connectivity index is 0.000000157. The van der Waals surface area contributed by atoms with Gasteiger partial charge in [-0.2, -0.15) is 0 Å². The van der Waals surface area contributed by atoms with Crippen molar-refractivity contribution in [1.82, 2.24) is 0 Å². The third-order valence-electron chi connectivity index (χ3n) is 9.50. The van der Waals surface area contributed by atoms with Crippen LogP contribution in [0, 0.1) is 41.5 Å². The Labute approximate surface area is 288 Å². The zero-order chi connectivity index (χ0) is 35.4. The molecule has 248 valence electrons. The van der Waals surface area contributed by atoms with E-state index < -0.39 is 11.3 Å². The molecule has 0 atom stereocenters. The first kappa shape index (κ1) is 32.4. The van der Waals surface area contributed by atoms with Crippen LogP contribution >= 0.6 is 0 Å². The van der Waals surface area contributed by atoms with E-state index in [0.717, 1.165) is 44.2 Å². The standard InChI is InChI=1S/2C22H18O3/c2*1-12-4-7-15(8-5-12)16-11-18-17-10-13(2)6-9-19(17)25-22(24)20(18)21(23)14(16)3/h2*4-11,23H,1-3H3. The van der Waals surface area contributed by atoms with Crippen molar-refractivity contribution in [2.75, 3.05) is 0 Å². The van der Waals surface area contributed by atoms with Gasteiger partial charge in [-0.05, 0) is 111 Å². The molecule has 6 aromatic carbocycles. The quantitative estimate of drug-likeness (QED) is 0.141. The molecule has 8 rings (SSSR count). The van der Waals surface area contributed by atoms with E-state index in [1.54, 1.807) is 12.1 Å². The highest BCUT2D eigenvalue weighted by molar-refractivity contribution is 6.10. The fourth-order valence-electron chi connectivity index (χ4n) is 6.63. The Morgan fingerprint density at radius 3 is 1.12 bits per heavy atom. The number of phenolic OH excluding ortho intramolecular Hbond substituents is 2. The Morgan fingerprint density at radius 1 is 0.420 bits per heavy atom. The van der Waals surface area contributed by atoms with Gasteiger partial charge in [0.2, 0.25) is 0 Å². The van der Waals surface area contributed by atoms with Gasteiger partial charge in [0.15, 0.2) is 0 Å². The Bertz CT molecular complexity index is 2560. The summed E-state index contributed by atoms with van der Waals surface area (Å²) in [5.74, 6) is -0.0181. The first-order valence-corrected chi connectivity index (χ1v) is 16.4. The van der Waals surface area contributed by atoms with Gasteiger partial charge in [0.05, 0.1) is 0 Å². The first-order valence-electron chi connectivity index (χ1n) is 16.4. The fraction of sp³-hybridized carbons (Fsp3) is 0.136. The number of phenols is 2. The van der Waals surface area contributed by atoms with E-state index in [1.165, 1.54) is 11.1 Å². The molecule has 2 aromatic heterocycles. The van der Waals surface area contributed by atoms with Crippen molar-refractivity contribution in [3.63, 3.8) is 0 Å². The van der Waals surface area contributed by atoms with Crippen LogP contribution in [0.5, 0.6) is 11.5 Å². The van der Waals surface area contributed by atoms with Crippen LogP contribution in [0.15, 0.2) is 115 Å². The Kier molecular flexibility index (Phi) is 8.03. The zero-order valence-electron chi connectivity index (χ0n) is 28.8. The van der Waals surface area contributed by atoms with Crippen LogP contribution in [0.3, 0.4) is 0 Å². The van der Waals surface area contributed by atoms with Crippen molar-refractivity contribution in [2.45, 2.75) is 41.5 Å². The monoisotopic (exact) mass is 660 g/mol. The van der Waals surface area contributed by atoms with Gasteiger partial charge in [0.1, 0.15) is 33.4 Å². The average Bonchev–Trinajstić information content (AvgIpc) is 3.09. The molecule has 50 heavy (non-hydrogen) atoms. The molecule has 0 spiro atoms. The normalized spacial score (nSPS) is 11.3. The van der Waals surface area contributed by atoms with Crippen LogP contribution in [-0.4, -0.2) is 10.2 Å². The SMILES string of the molecule is Cc1ccc(-c2cc3c(c(O)c2C)c(=O)oc2ccc(C)cc23)cc1.Cc1ccc(-c2cc3c(c(O)c2C)c(=O)oc2ccc(C)cc23)cc1. The van der Waals surface area contributed by atoms with Crippen molar-refractivity contribution in [3.05, 3.63) is 151 Å². The molecular weight excluding hydrogens is 624 g/mol. The summed E-state index contributed by atoms with van der Waals surface area (Å²) in [5, 5.41) is 25.0. The van der Waals surface area contributed by atoms with E-state index in [-0.39, 0.29) is 22.3 Å². The van der Waals surface area contributed by atoms with Crippen molar-refractivity contribution < 1.29 is 19.0 Å². The minimum absolute atomic E-state index is 0.00905. The molecule has 0 bridgehead atoms. The minimum Gasteiger partial charge on any atom is -0.507 e. The number of rotatable bonds is 2. The highest BCUT2D eigenvalue weighted by Crippen LogP contribution is 2.39.